The van der Waals surface area contributed by atoms with Crippen LogP contribution in [0.4, 0.5) is 0 Å². The van der Waals surface area contributed by atoms with Gasteiger partial charge in [-0.05, 0) is 427 Å². The molecule has 27 nitrogen and oxygen atoms in total. The average Bonchev–Trinajstić information content (AvgIpc) is 0.846. The summed E-state index contributed by atoms with van der Waals surface area (Å²) in [5, 5.41) is 62.1. The lowest BCUT2D eigenvalue weighted by Crippen LogP contribution is -2.53. The van der Waals surface area contributed by atoms with Gasteiger partial charge >= 0.3 is 42.8 Å². The van der Waals surface area contributed by atoms with Crippen LogP contribution in [0.3, 0.4) is 0 Å². The zero-order chi connectivity index (χ0) is 107. The van der Waals surface area contributed by atoms with Gasteiger partial charge in [0.25, 0.3) is 0 Å². The maximum Gasteiger partial charge on any atom is 0.314 e. The molecule has 0 aromatic carbocycles. The van der Waals surface area contributed by atoms with Crippen molar-refractivity contribution < 1.29 is 122 Å². The highest BCUT2D eigenvalue weighted by atomic mass is 28.5. The molecule has 0 saturated heterocycles. The van der Waals surface area contributed by atoms with E-state index in [9.17, 15) is 30.6 Å². The summed E-state index contributed by atoms with van der Waals surface area (Å²) in [4.78, 5) is 0. The van der Waals surface area contributed by atoms with E-state index in [1.54, 1.807) is 0 Å². The van der Waals surface area contributed by atoms with Gasteiger partial charge in [-0.25, -0.2) is 0 Å². The Morgan fingerprint density at radius 1 is 0.140 bits per heavy atom. The molecule has 0 rings (SSSR count). The Labute approximate surface area is 859 Å². The van der Waals surface area contributed by atoms with Crippen LogP contribution in [0.1, 0.15) is 51.4 Å². The molecule has 0 saturated carbocycles. The molecule has 0 spiro atoms. The first-order valence-corrected chi connectivity index (χ1v) is 118. The number of hydrogen-bond acceptors (Lipinski definition) is 27. The van der Waals surface area contributed by atoms with E-state index in [0.29, 0.717) is 52.9 Å². The lowest BCUT2D eigenvalue weighted by Gasteiger charge is -2.39. The van der Waals surface area contributed by atoms with E-state index in [2.05, 4.69) is 327 Å². The third kappa shape index (κ3) is 81.3. The van der Waals surface area contributed by atoms with Gasteiger partial charge in [-0.1, -0.05) is 0 Å². The smallest absolute Gasteiger partial charge is 0.314 e. The Balaban J connectivity index is -0.00000199. The number of hydrogen-bond donors (Lipinski definition) is 6. The number of ether oxygens (including phenoxy) is 8. The summed E-state index contributed by atoms with van der Waals surface area (Å²) in [5.74, 6) is 0. The van der Waals surface area contributed by atoms with E-state index in [-0.39, 0.29) is 39.6 Å². The zero-order valence-corrected chi connectivity index (χ0v) is 119. The normalized spacial score (nSPS) is 16.3. The van der Waals surface area contributed by atoms with Gasteiger partial charge in [0.1, 0.15) is 48.8 Å². The molecule has 7 atom stereocenters. The molecular weight excluding hydrogens is 2080 g/mol. The largest absolute Gasteiger partial charge is 0.456 e. The minimum atomic E-state index is -2.47. The second-order valence-electron chi connectivity index (χ2n) is 52.8. The summed E-state index contributed by atoms with van der Waals surface area (Å²) < 4.78 is 136. The van der Waals surface area contributed by atoms with Gasteiger partial charge in [-0.2, -0.15) is 0 Å². The van der Waals surface area contributed by atoms with Gasteiger partial charge in [-0.15, -0.1) is 0 Å². The predicted molar refractivity (Wildman–Crippen MR) is 624 cm³/mol. The van der Waals surface area contributed by atoms with Crippen molar-refractivity contribution in [3.63, 3.8) is 0 Å². The fraction of sp³-hybridized carbons (Fsp3) is 1.00. The lowest BCUT2D eigenvalue weighted by molar-refractivity contribution is -0.159. The fourth-order valence-corrected chi connectivity index (χ4v) is 104. The van der Waals surface area contributed by atoms with Gasteiger partial charge in [0, 0.05) is 52.9 Å². The molecular formula is C88H224O27Si21. The molecule has 0 aliphatic heterocycles. The molecule has 3 unspecified atom stereocenters. The SMILES string of the molecule is C[Si](C)(C)O[Si](C)(C)CCCOC([C@H](CO)OCCC[Si](C)(C)O[Si](C)(C)C)[C@@H](CO)OCCC[Si](C)(C)O[Si](C)(C)C.C[Si](C)(C)O[Si](C)(CCCOC(CO)C(OCCC[Si](C)(O[Si](C)(C)C)O[Si](C)(C)C)C(CO)OCCC[Si](C)(O[Si](C)(C)C)O[Si](C)(C)C)O[Si](C)(C)C.C[Si](C)(C)O[Si](C)(CCCO[C@@H](CO)[C@@H](CO)OCCC[Si](C)(O[Si](C)(C)C)O[Si](C)(C)C)O[Si](C)(C)C. The molecule has 0 aromatic rings. The predicted octanol–water partition coefficient (Wildman–Crippen LogP) is 23.2. The van der Waals surface area contributed by atoms with Crippen LogP contribution in [0.15, 0.2) is 0 Å². The van der Waals surface area contributed by atoms with Crippen molar-refractivity contribution in [2.45, 2.75) is 476 Å². The summed E-state index contributed by atoms with van der Waals surface area (Å²) >= 11 is 0. The van der Waals surface area contributed by atoms with Crippen molar-refractivity contribution in [2.24, 2.45) is 0 Å². The maximum absolute atomic E-state index is 10.7. The second-order valence-corrected chi connectivity index (χ2v) is 144. The molecule has 0 aliphatic carbocycles. The van der Waals surface area contributed by atoms with E-state index >= 15 is 0 Å². The Morgan fingerprint density at radius 2 is 0.250 bits per heavy atom. The van der Waals surface area contributed by atoms with Crippen LogP contribution in [-0.2, 0) is 91.4 Å². The summed E-state index contributed by atoms with van der Waals surface area (Å²) in [5.41, 5.74) is 0. The molecule has 0 radical (unpaired) electrons. The maximum atomic E-state index is 10.7. The van der Waals surface area contributed by atoms with Crippen LogP contribution >= 0.6 is 0 Å². The Hall–Kier alpha value is 3.47. The highest BCUT2D eigenvalue weighted by Gasteiger charge is 2.47. The van der Waals surface area contributed by atoms with E-state index < -0.39 is 225 Å². The Morgan fingerprint density at radius 3 is 0.368 bits per heavy atom. The van der Waals surface area contributed by atoms with Gasteiger partial charge < -0.3 is 122 Å². The molecule has 6 N–H and O–H groups in total. The van der Waals surface area contributed by atoms with Crippen LogP contribution in [0.2, 0.25) is 376 Å². The molecule has 0 aliphatic rings. The van der Waals surface area contributed by atoms with E-state index in [1.807, 2.05) is 0 Å². The van der Waals surface area contributed by atoms with Crippen molar-refractivity contribution in [3.05, 3.63) is 0 Å². The van der Waals surface area contributed by atoms with E-state index in [1.165, 1.54) is 0 Å². The van der Waals surface area contributed by atoms with Crippen LogP contribution in [0, 0.1) is 0 Å². The molecule has 136 heavy (non-hydrogen) atoms. The first kappa shape index (κ1) is 144. The third-order valence-corrected chi connectivity index (χ3v) is 85.9. The summed E-state index contributed by atoms with van der Waals surface area (Å²) in [6.07, 6.45) is 1.38. The van der Waals surface area contributed by atoms with Crippen molar-refractivity contribution in [1.29, 1.82) is 0 Å². The third-order valence-electron chi connectivity index (χ3n) is 19.2. The van der Waals surface area contributed by atoms with Crippen molar-refractivity contribution >= 4 is 176 Å². The molecule has 0 heterocycles. The van der Waals surface area contributed by atoms with Crippen LogP contribution in [0.25, 0.3) is 0 Å². The molecule has 0 fully saturated rings. The minimum absolute atomic E-state index is 0.195. The van der Waals surface area contributed by atoms with E-state index in [4.69, 9.17) is 91.4 Å². The lowest BCUT2D eigenvalue weighted by atomic mass is 10.1. The molecule has 48 heteroatoms. The molecule has 0 amide bonds. The summed E-state index contributed by atoms with van der Waals surface area (Å²) in [7, 11) is -40.2. The molecule has 822 valence electrons. The van der Waals surface area contributed by atoms with Crippen LogP contribution < -0.4 is 0 Å². The monoisotopic (exact) mass is 2300 g/mol. The molecule has 0 aromatic heterocycles. The standard InChI is InChI=1S/C35H90O11Si9.C29H72O8Si6.C24H62O8Si6/c1-47(2,3)41-53(19,42-48(4,5)6)28-22-25-38-33(31-36)35(40-27-24-30-55(21,45-51(13,14)15)46-52(16,17)18)34(32-37)39-26-23-29-54(20,43-49(7,8)9)44-50(10,11)12;1-38(2,3)35-41(10,11)22-16-19-32-27(25-30)29(34-21-18-24-43(14,15)37-40(7,8)9)28(26-31)33-20-17-23-42(12,13)36-39(4,5)6;1-33(2,3)29-37(13,30-34(4,5)6)19-15-17-27-23(21-25)24(22-26)28-18-16-20-38(14,31-35(7,8)9)32-36(10,11)12/h33-37H,22-32H2,1-21H3;27-31H,16-26H2,1-15H3;23-26H,15-22H2,1-14H3/t;27-,28+,29?;23-,24+. The summed E-state index contributed by atoms with van der Waals surface area (Å²) in [6.45, 7) is 113. The number of aliphatic hydroxyl groups excluding tert-OH is 6. The molecule has 0 bridgehead atoms. The average molecular weight is 2300 g/mol. The Bertz CT molecular complexity index is 2870. The van der Waals surface area contributed by atoms with Gasteiger partial charge in [0.2, 0.25) is 0 Å². The van der Waals surface area contributed by atoms with Crippen molar-refractivity contribution in [3.8, 4) is 0 Å². The van der Waals surface area contributed by atoms with Crippen LogP contribution in [-0.4, -0.2) is 348 Å². The minimum Gasteiger partial charge on any atom is -0.456 e. The topological polar surface area (TPSA) is 315 Å². The van der Waals surface area contributed by atoms with Gasteiger partial charge in [-0.3, -0.25) is 0 Å². The first-order valence-electron chi connectivity index (χ1n) is 51.3. The zero-order valence-electron chi connectivity index (χ0n) is 97.6. The highest BCUT2D eigenvalue weighted by molar-refractivity contribution is 6.92. The van der Waals surface area contributed by atoms with E-state index in [0.717, 1.165) is 99.7 Å². The van der Waals surface area contributed by atoms with Crippen molar-refractivity contribution in [2.75, 3.05) is 92.5 Å². The van der Waals surface area contributed by atoms with Crippen LogP contribution in [0.5, 0.6) is 0 Å². The van der Waals surface area contributed by atoms with Gasteiger partial charge in [0.15, 0.2) is 133 Å². The highest BCUT2D eigenvalue weighted by Crippen LogP contribution is 2.35. The Kier molecular flexibility index (Phi) is 66.1. The number of rotatable bonds is 77. The van der Waals surface area contributed by atoms with Gasteiger partial charge in [0.05, 0.1) is 39.6 Å². The number of aliphatic hydroxyl groups is 6. The summed E-state index contributed by atoms with van der Waals surface area (Å²) in [6, 6.07) is 7.04. The quantitative estimate of drug-likeness (QED) is 0.0243. The second kappa shape index (κ2) is 62.6. The first-order chi connectivity index (χ1) is 60.6. The van der Waals surface area contributed by atoms with Crippen molar-refractivity contribution in [1.82, 2.24) is 0 Å². The fourth-order valence-electron chi connectivity index (χ4n) is 17.5.